The van der Waals surface area contributed by atoms with Crippen molar-refractivity contribution >= 4 is 16.5 Å². The molecule has 3 rings (SSSR count). The van der Waals surface area contributed by atoms with Crippen molar-refractivity contribution in [3.8, 4) is 10.7 Å². The van der Waals surface area contributed by atoms with Crippen LogP contribution in [0.15, 0.2) is 54.7 Å². The van der Waals surface area contributed by atoms with E-state index in [0.29, 0.717) is 6.42 Å². The van der Waals surface area contributed by atoms with Gasteiger partial charge in [-0.1, -0.05) is 47.7 Å². The first kappa shape index (κ1) is 15.6. The van der Waals surface area contributed by atoms with E-state index in [1.165, 1.54) is 11.3 Å². The summed E-state index contributed by atoms with van der Waals surface area (Å²) in [4.78, 5) is 6.38. The van der Waals surface area contributed by atoms with Crippen LogP contribution in [0.4, 0.5) is 5.13 Å². The van der Waals surface area contributed by atoms with Crippen molar-refractivity contribution in [2.24, 2.45) is 0 Å². The van der Waals surface area contributed by atoms with Gasteiger partial charge >= 0.3 is 0 Å². The van der Waals surface area contributed by atoms with Crippen LogP contribution >= 0.6 is 11.3 Å². The van der Waals surface area contributed by atoms with Crippen molar-refractivity contribution in [2.45, 2.75) is 12.5 Å². The average molecular weight is 326 g/mol. The molecule has 0 saturated carbocycles. The van der Waals surface area contributed by atoms with Crippen molar-refractivity contribution < 1.29 is 5.11 Å². The molecule has 1 aromatic carbocycles. The zero-order valence-corrected chi connectivity index (χ0v) is 13.6. The van der Waals surface area contributed by atoms with Crippen LogP contribution in [-0.4, -0.2) is 33.9 Å². The molecular formula is C17H18N4OS. The molecule has 118 valence electrons. The maximum atomic E-state index is 9.41. The molecule has 0 aliphatic carbocycles. The summed E-state index contributed by atoms with van der Waals surface area (Å²) in [7, 11) is 1.98. The Hall–Kier alpha value is -2.31. The van der Waals surface area contributed by atoms with Crippen LogP contribution in [0.1, 0.15) is 18.0 Å². The zero-order chi connectivity index (χ0) is 16.1. The maximum absolute atomic E-state index is 9.41. The van der Waals surface area contributed by atoms with Gasteiger partial charge in [-0.15, -0.1) is 10.2 Å². The molecule has 6 heteroatoms. The molecule has 23 heavy (non-hydrogen) atoms. The van der Waals surface area contributed by atoms with Crippen LogP contribution in [0, 0.1) is 0 Å². The second-order valence-electron chi connectivity index (χ2n) is 5.15. The minimum Gasteiger partial charge on any atom is -0.396 e. The van der Waals surface area contributed by atoms with E-state index < -0.39 is 0 Å². The van der Waals surface area contributed by atoms with Gasteiger partial charge in [0.25, 0.3) is 0 Å². The third kappa shape index (κ3) is 3.55. The van der Waals surface area contributed by atoms with Gasteiger partial charge in [-0.25, -0.2) is 0 Å². The Labute approximate surface area is 139 Å². The number of rotatable bonds is 6. The molecule has 0 aliphatic heterocycles. The third-order valence-corrected chi connectivity index (χ3v) is 4.69. The van der Waals surface area contributed by atoms with E-state index >= 15 is 0 Å². The van der Waals surface area contributed by atoms with E-state index in [-0.39, 0.29) is 12.6 Å². The summed E-state index contributed by atoms with van der Waals surface area (Å²) in [6, 6.07) is 15.9. The predicted molar refractivity (Wildman–Crippen MR) is 92.4 cm³/mol. The number of aliphatic hydroxyl groups excluding tert-OH is 1. The van der Waals surface area contributed by atoms with Crippen molar-refractivity contribution in [3.05, 3.63) is 60.3 Å². The van der Waals surface area contributed by atoms with Gasteiger partial charge in [0.2, 0.25) is 5.13 Å². The summed E-state index contributed by atoms with van der Waals surface area (Å²) in [5, 5.41) is 19.6. The number of hydrogen-bond acceptors (Lipinski definition) is 6. The molecule has 5 nitrogen and oxygen atoms in total. The lowest BCUT2D eigenvalue weighted by Gasteiger charge is -2.27. The third-order valence-electron chi connectivity index (χ3n) is 3.65. The van der Waals surface area contributed by atoms with Crippen molar-refractivity contribution in [3.63, 3.8) is 0 Å². The minimum atomic E-state index is 0.0609. The van der Waals surface area contributed by atoms with Crippen LogP contribution in [0.3, 0.4) is 0 Å². The van der Waals surface area contributed by atoms with Gasteiger partial charge in [-0.05, 0) is 24.1 Å². The number of benzene rings is 1. The lowest BCUT2D eigenvalue weighted by atomic mass is 10.0. The highest BCUT2D eigenvalue weighted by Crippen LogP contribution is 2.32. The number of aliphatic hydroxyl groups is 1. The molecule has 1 atom stereocenters. The molecule has 0 saturated heterocycles. The molecule has 0 radical (unpaired) electrons. The first-order chi connectivity index (χ1) is 11.3. The molecule has 3 aromatic rings. The highest BCUT2D eigenvalue weighted by Gasteiger charge is 2.20. The van der Waals surface area contributed by atoms with Gasteiger partial charge in [0, 0.05) is 19.9 Å². The maximum Gasteiger partial charge on any atom is 0.208 e. The molecule has 1 N–H and O–H groups in total. The minimum absolute atomic E-state index is 0.0609. The molecule has 2 heterocycles. The van der Waals surface area contributed by atoms with Gasteiger partial charge in [0.05, 0.1) is 6.04 Å². The Balaban J connectivity index is 1.86. The van der Waals surface area contributed by atoms with E-state index in [0.717, 1.165) is 21.4 Å². The molecule has 0 aliphatic rings. The van der Waals surface area contributed by atoms with Gasteiger partial charge in [-0.3, -0.25) is 4.98 Å². The van der Waals surface area contributed by atoms with E-state index in [2.05, 4.69) is 32.2 Å². The van der Waals surface area contributed by atoms with E-state index in [1.807, 2.05) is 43.4 Å². The quantitative estimate of drug-likeness (QED) is 0.754. The van der Waals surface area contributed by atoms with Gasteiger partial charge in [0.1, 0.15) is 5.69 Å². The van der Waals surface area contributed by atoms with Crippen LogP contribution in [0.2, 0.25) is 0 Å². The van der Waals surface area contributed by atoms with Crippen molar-refractivity contribution in [1.29, 1.82) is 0 Å². The van der Waals surface area contributed by atoms with Crippen LogP contribution in [0.25, 0.3) is 10.7 Å². The monoisotopic (exact) mass is 326 g/mol. The number of anilines is 1. The topological polar surface area (TPSA) is 62.1 Å². The Morgan fingerprint density at radius 2 is 1.87 bits per heavy atom. The fourth-order valence-electron chi connectivity index (χ4n) is 2.47. The molecule has 1 unspecified atom stereocenters. The second-order valence-corrected chi connectivity index (χ2v) is 6.11. The predicted octanol–water partition coefficient (Wildman–Crippen LogP) is 3.16. The summed E-state index contributed by atoms with van der Waals surface area (Å²) in [5.74, 6) is 0. The summed E-state index contributed by atoms with van der Waals surface area (Å²) in [6.07, 6.45) is 2.39. The summed E-state index contributed by atoms with van der Waals surface area (Å²) in [6.45, 7) is 0.121. The fourth-order valence-corrected chi connectivity index (χ4v) is 3.30. The Morgan fingerprint density at radius 1 is 1.09 bits per heavy atom. The largest absolute Gasteiger partial charge is 0.396 e. The number of pyridine rings is 1. The Bertz CT molecular complexity index is 733. The standard InChI is InChI=1S/C17H18N4OS/c1-21(15(10-12-22)13-7-3-2-4-8-13)17-20-19-16(23-17)14-9-5-6-11-18-14/h2-9,11,15,22H,10,12H2,1H3. The second kappa shape index (κ2) is 7.30. The lowest BCUT2D eigenvalue weighted by molar-refractivity contribution is 0.275. The van der Waals surface area contributed by atoms with E-state index in [4.69, 9.17) is 0 Å². The van der Waals surface area contributed by atoms with Crippen LogP contribution in [0.5, 0.6) is 0 Å². The van der Waals surface area contributed by atoms with Crippen molar-refractivity contribution in [1.82, 2.24) is 15.2 Å². The van der Waals surface area contributed by atoms with Crippen molar-refractivity contribution in [2.75, 3.05) is 18.6 Å². The average Bonchev–Trinajstić information content (AvgIpc) is 3.11. The molecule has 0 fully saturated rings. The highest BCUT2D eigenvalue weighted by molar-refractivity contribution is 7.18. The smallest absolute Gasteiger partial charge is 0.208 e. The molecule has 2 aromatic heterocycles. The zero-order valence-electron chi connectivity index (χ0n) is 12.8. The summed E-state index contributed by atoms with van der Waals surface area (Å²) >= 11 is 1.50. The van der Waals surface area contributed by atoms with Crippen LogP contribution < -0.4 is 4.90 Å². The summed E-state index contributed by atoms with van der Waals surface area (Å²) in [5.41, 5.74) is 1.97. The molecule has 0 bridgehead atoms. The first-order valence-corrected chi connectivity index (χ1v) is 8.25. The van der Waals surface area contributed by atoms with Gasteiger partial charge < -0.3 is 10.0 Å². The van der Waals surface area contributed by atoms with E-state index in [9.17, 15) is 5.11 Å². The fraction of sp³-hybridized carbons (Fsp3) is 0.235. The Kier molecular flexibility index (Phi) is 4.95. The number of hydrogen-bond donors (Lipinski definition) is 1. The Morgan fingerprint density at radius 3 is 2.57 bits per heavy atom. The highest BCUT2D eigenvalue weighted by atomic mass is 32.1. The summed E-state index contributed by atoms with van der Waals surface area (Å²) < 4.78 is 0. The molecule has 0 amide bonds. The molecule has 0 spiro atoms. The number of aromatic nitrogens is 3. The number of nitrogens with zero attached hydrogens (tertiary/aromatic N) is 4. The van der Waals surface area contributed by atoms with E-state index in [1.54, 1.807) is 6.20 Å². The normalized spacial score (nSPS) is 12.1. The SMILES string of the molecule is CN(c1nnc(-c2ccccn2)s1)C(CCO)c1ccccc1. The first-order valence-electron chi connectivity index (χ1n) is 7.43. The van der Waals surface area contributed by atoms with Gasteiger partial charge in [-0.2, -0.15) is 0 Å². The van der Waals surface area contributed by atoms with Gasteiger partial charge in [0.15, 0.2) is 5.01 Å². The van der Waals surface area contributed by atoms with Crippen LogP contribution in [-0.2, 0) is 0 Å². The molecular weight excluding hydrogens is 308 g/mol. The lowest BCUT2D eigenvalue weighted by Crippen LogP contribution is -2.25.